The maximum absolute atomic E-state index is 12.4. The van der Waals surface area contributed by atoms with Gasteiger partial charge in [-0.3, -0.25) is 0 Å². The fraction of sp³-hybridized carbons (Fsp3) is 0.393. The number of nitrogens with zero attached hydrogens (tertiary/aromatic N) is 1. The highest BCUT2D eigenvalue weighted by atomic mass is 16.6. The number of nitrogens with one attached hydrogen (secondary N) is 1. The van der Waals surface area contributed by atoms with Crippen molar-refractivity contribution in [3.63, 3.8) is 0 Å². The van der Waals surface area contributed by atoms with E-state index in [1.165, 1.54) is 18.4 Å². The molecule has 5 nitrogen and oxygen atoms in total. The van der Waals surface area contributed by atoms with Gasteiger partial charge >= 0.3 is 6.09 Å². The van der Waals surface area contributed by atoms with Gasteiger partial charge in [0.2, 0.25) is 0 Å². The average molecular weight is 447 g/mol. The maximum Gasteiger partial charge on any atom is 0.412 e. The van der Waals surface area contributed by atoms with E-state index in [2.05, 4.69) is 54.6 Å². The van der Waals surface area contributed by atoms with E-state index in [1.807, 2.05) is 37.3 Å². The van der Waals surface area contributed by atoms with Crippen LogP contribution in [0.15, 0.2) is 71.1 Å². The molecule has 1 heterocycles. The van der Waals surface area contributed by atoms with E-state index in [4.69, 9.17) is 9.15 Å². The van der Waals surface area contributed by atoms with Crippen molar-refractivity contribution in [2.75, 3.05) is 20.6 Å². The molecule has 1 unspecified atom stereocenters. The molecule has 3 aromatic rings. The molecule has 33 heavy (non-hydrogen) atoms. The molecule has 1 aromatic heterocycles. The molecule has 4 rings (SSSR count). The summed E-state index contributed by atoms with van der Waals surface area (Å²) in [6.45, 7) is 2.45. The van der Waals surface area contributed by atoms with E-state index in [9.17, 15) is 4.79 Å². The number of carbonyl (C=O) groups is 1. The Morgan fingerprint density at radius 3 is 2.30 bits per heavy atom. The number of furan rings is 1. The second-order valence-corrected chi connectivity index (χ2v) is 9.27. The zero-order valence-electron chi connectivity index (χ0n) is 19.8. The van der Waals surface area contributed by atoms with Crippen LogP contribution >= 0.6 is 0 Å². The summed E-state index contributed by atoms with van der Waals surface area (Å²) in [4.78, 5) is 14.8. The van der Waals surface area contributed by atoms with Gasteiger partial charge in [-0.1, -0.05) is 60.7 Å². The molecule has 2 aromatic carbocycles. The van der Waals surface area contributed by atoms with E-state index in [0.717, 1.165) is 18.4 Å². The molecule has 0 bridgehead atoms. The summed E-state index contributed by atoms with van der Waals surface area (Å²) in [6.07, 6.45) is 4.15. The van der Waals surface area contributed by atoms with E-state index in [1.54, 1.807) is 6.07 Å². The highest BCUT2D eigenvalue weighted by molar-refractivity contribution is 5.71. The van der Waals surface area contributed by atoms with Gasteiger partial charge in [0.1, 0.15) is 11.5 Å². The number of benzene rings is 2. The topological polar surface area (TPSA) is 54.7 Å². The summed E-state index contributed by atoms with van der Waals surface area (Å²) in [5.41, 5.74) is 2.34. The van der Waals surface area contributed by atoms with Crippen LogP contribution in [0.25, 0.3) is 11.3 Å². The first kappa shape index (κ1) is 23.1. The lowest BCUT2D eigenvalue weighted by Gasteiger charge is -2.37. The number of carbonyl (C=O) groups excluding carboxylic acids is 1. The highest BCUT2D eigenvalue weighted by Gasteiger charge is 2.30. The van der Waals surface area contributed by atoms with Crippen LogP contribution in [0.3, 0.4) is 0 Å². The molecule has 1 aliphatic rings. The van der Waals surface area contributed by atoms with Crippen LogP contribution in [-0.2, 0) is 0 Å². The van der Waals surface area contributed by atoms with Crippen LogP contribution < -0.4 is 10.1 Å². The largest absolute Gasteiger partial charge is 0.457 e. The van der Waals surface area contributed by atoms with Crippen LogP contribution in [0.5, 0.6) is 5.75 Å². The minimum absolute atomic E-state index is 0.420. The molecule has 174 valence electrons. The maximum atomic E-state index is 12.4. The van der Waals surface area contributed by atoms with Gasteiger partial charge in [-0.15, -0.1) is 0 Å². The molecular formula is C28H34N2O3. The number of rotatable bonds is 7. The van der Waals surface area contributed by atoms with Crippen molar-refractivity contribution in [1.29, 1.82) is 0 Å². The predicted octanol–water partition coefficient (Wildman–Crippen LogP) is 6.45. The second-order valence-electron chi connectivity index (χ2n) is 9.27. The molecule has 0 radical (unpaired) electrons. The number of hydrogen-bond donors (Lipinski definition) is 1. The third-order valence-corrected chi connectivity index (χ3v) is 6.70. The minimum Gasteiger partial charge on any atom is -0.457 e. The van der Waals surface area contributed by atoms with Crippen molar-refractivity contribution < 1.29 is 13.9 Å². The average Bonchev–Trinajstić information content (AvgIpc) is 3.20. The number of ether oxygens (including phenoxy) is 1. The van der Waals surface area contributed by atoms with Crippen LogP contribution in [0.4, 0.5) is 4.79 Å². The lowest BCUT2D eigenvalue weighted by Crippen LogP contribution is -2.35. The van der Waals surface area contributed by atoms with Gasteiger partial charge in [-0.25, -0.2) is 4.79 Å². The van der Waals surface area contributed by atoms with Crippen LogP contribution in [-0.4, -0.2) is 31.6 Å². The molecular weight excluding hydrogens is 412 g/mol. The van der Waals surface area contributed by atoms with Crippen molar-refractivity contribution in [3.05, 3.63) is 78.1 Å². The summed E-state index contributed by atoms with van der Waals surface area (Å²) in [5.74, 6) is 2.88. The molecule has 1 atom stereocenters. The summed E-state index contributed by atoms with van der Waals surface area (Å²) >= 11 is 0. The summed E-state index contributed by atoms with van der Waals surface area (Å²) in [6, 6.07) is 22.8. The molecule has 0 aliphatic heterocycles. The standard InChI is InChI=1S/C28H34N2O3/c1-20-25(18-26(32-20)22-10-6-4-7-11-22)33-28(31)29-19-21-14-16-24(17-15-21)27(30(2)3)23-12-8-5-9-13-23/h4-13,18,21,24,27H,14-17,19H2,1-3H3,(H,29,31). The Labute approximate surface area is 196 Å². The molecule has 1 N–H and O–H groups in total. The molecule has 1 amide bonds. The molecule has 1 saturated carbocycles. The van der Waals surface area contributed by atoms with Gasteiger partial charge in [-0.05, 0) is 64.1 Å². The Kier molecular flexibility index (Phi) is 7.50. The Hall–Kier alpha value is -3.05. The first-order chi connectivity index (χ1) is 16.0. The van der Waals surface area contributed by atoms with Crippen molar-refractivity contribution >= 4 is 6.09 Å². The summed E-state index contributed by atoms with van der Waals surface area (Å²) in [7, 11) is 4.34. The van der Waals surface area contributed by atoms with E-state index in [0.29, 0.717) is 41.7 Å². The van der Waals surface area contributed by atoms with Crippen LogP contribution in [0, 0.1) is 18.8 Å². The van der Waals surface area contributed by atoms with Gasteiger partial charge in [-0.2, -0.15) is 0 Å². The Balaban J connectivity index is 1.26. The Morgan fingerprint density at radius 1 is 1.03 bits per heavy atom. The van der Waals surface area contributed by atoms with E-state index in [-0.39, 0.29) is 0 Å². The van der Waals surface area contributed by atoms with Crippen molar-refractivity contribution in [1.82, 2.24) is 10.2 Å². The SMILES string of the molecule is Cc1oc(-c2ccccc2)cc1OC(=O)NCC1CCC(C(c2ccccc2)N(C)C)CC1. The number of amides is 1. The van der Waals surface area contributed by atoms with Gasteiger partial charge in [0, 0.05) is 24.2 Å². The van der Waals surface area contributed by atoms with E-state index < -0.39 is 6.09 Å². The Morgan fingerprint density at radius 2 is 1.67 bits per heavy atom. The number of hydrogen-bond acceptors (Lipinski definition) is 4. The first-order valence-corrected chi connectivity index (χ1v) is 11.8. The smallest absolute Gasteiger partial charge is 0.412 e. The lowest BCUT2D eigenvalue weighted by atomic mass is 9.76. The zero-order chi connectivity index (χ0) is 23.2. The molecule has 0 spiro atoms. The second kappa shape index (κ2) is 10.7. The zero-order valence-corrected chi connectivity index (χ0v) is 19.8. The van der Waals surface area contributed by atoms with Gasteiger partial charge in [0.05, 0.1) is 0 Å². The molecule has 1 aliphatic carbocycles. The normalized spacial score (nSPS) is 19.3. The van der Waals surface area contributed by atoms with Crippen molar-refractivity contribution in [2.24, 2.45) is 11.8 Å². The molecule has 0 saturated heterocycles. The van der Waals surface area contributed by atoms with Crippen LogP contribution in [0.2, 0.25) is 0 Å². The first-order valence-electron chi connectivity index (χ1n) is 11.8. The molecule has 5 heteroatoms. The lowest BCUT2D eigenvalue weighted by molar-refractivity contribution is 0.146. The third-order valence-electron chi connectivity index (χ3n) is 6.70. The van der Waals surface area contributed by atoms with Gasteiger partial charge < -0.3 is 19.4 Å². The quantitative estimate of drug-likeness (QED) is 0.453. The van der Waals surface area contributed by atoms with Gasteiger partial charge in [0.15, 0.2) is 5.75 Å². The third kappa shape index (κ3) is 5.85. The predicted molar refractivity (Wildman–Crippen MR) is 131 cm³/mol. The summed E-state index contributed by atoms with van der Waals surface area (Å²) < 4.78 is 11.3. The fourth-order valence-electron chi connectivity index (χ4n) is 5.03. The monoisotopic (exact) mass is 446 g/mol. The Bertz CT molecular complexity index is 1020. The number of aryl methyl sites for hydroxylation is 1. The van der Waals surface area contributed by atoms with Gasteiger partial charge in [0.25, 0.3) is 0 Å². The molecule has 1 fully saturated rings. The van der Waals surface area contributed by atoms with Crippen molar-refractivity contribution in [2.45, 2.75) is 38.6 Å². The van der Waals surface area contributed by atoms with Crippen LogP contribution in [0.1, 0.15) is 43.0 Å². The van der Waals surface area contributed by atoms with E-state index >= 15 is 0 Å². The highest BCUT2D eigenvalue weighted by Crippen LogP contribution is 2.39. The van der Waals surface area contributed by atoms with Crippen molar-refractivity contribution in [3.8, 4) is 17.1 Å². The fourth-order valence-corrected chi connectivity index (χ4v) is 5.03. The minimum atomic E-state index is -0.420. The summed E-state index contributed by atoms with van der Waals surface area (Å²) in [5, 5.41) is 2.96.